The molecule has 0 unspecified atom stereocenters. The van der Waals surface area contributed by atoms with Gasteiger partial charge in [-0.15, -0.1) is 0 Å². The molecule has 1 fully saturated rings. The largest absolute Gasteiger partial charge is 0.330 e. The summed E-state index contributed by atoms with van der Waals surface area (Å²) in [5.41, 5.74) is 8.28. The second-order valence-electron chi connectivity index (χ2n) is 4.22. The summed E-state index contributed by atoms with van der Waals surface area (Å²) in [5.74, 6) is 0.788. The Balaban J connectivity index is 2.10. The summed E-state index contributed by atoms with van der Waals surface area (Å²) >= 11 is 0. The van der Waals surface area contributed by atoms with Crippen molar-refractivity contribution in [2.45, 2.75) is 38.0 Å². The molecule has 78 valence electrons. The average molecular weight is 193 g/mol. The smallest absolute Gasteiger partial charge is 0.0659 e. The van der Waals surface area contributed by atoms with Crippen LogP contribution in [0.25, 0.3) is 0 Å². The molecular formula is C11H19N3. The van der Waals surface area contributed by atoms with Gasteiger partial charge in [-0.1, -0.05) is 6.42 Å². The van der Waals surface area contributed by atoms with E-state index in [1.54, 1.807) is 0 Å². The van der Waals surface area contributed by atoms with Crippen LogP contribution in [-0.2, 0) is 13.5 Å². The summed E-state index contributed by atoms with van der Waals surface area (Å²) in [6.45, 7) is 0.765. The van der Waals surface area contributed by atoms with Crippen molar-refractivity contribution in [1.82, 2.24) is 9.78 Å². The molecular weight excluding hydrogens is 174 g/mol. The lowest BCUT2D eigenvalue weighted by Gasteiger charge is -2.25. The van der Waals surface area contributed by atoms with Gasteiger partial charge in [0.25, 0.3) is 0 Å². The lowest BCUT2D eigenvalue weighted by atomic mass is 9.80. The molecule has 2 N–H and O–H groups in total. The molecule has 1 saturated carbocycles. The monoisotopic (exact) mass is 193 g/mol. The minimum Gasteiger partial charge on any atom is -0.330 e. The maximum Gasteiger partial charge on any atom is 0.0659 e. The molecule has 0 saturated heterocycles. The van der Waals surface area contributed by atoms with E-state index < -0.39 is 0 Å². The molecule has 0 atom stereocenters. The van der Waals surface area contributed by atoms with Crippen molar-refractivity contribution < 1.29 is 0 Å². The summed E-state index contributed by atoms with van der Waals surface area (Å²) < 4.78 is 1.94. The fraction of sp³-hybridized carbons (Fsp3) is 0.727. The van der Waals surface area contributed by atoms with Gasteiger partial charge in [-0.05, 0) is 43.7 Å². The normalized spacial score (nSPS) is 17.0. The number of nitrogens with two attached hydrogens (primary N) is 1. The number of hydrogen-bond acceptors (Lipinski definition) is 2. The van der Waals surface area contributed by atoms with Gasteiger partial charge in [0.05, 0.1) is 5.69 Å². The Bertz CT molecular complexity index is 299. The number of rotatable bonds is 4. The summed E-state index contributed by atoms with van der Waals surface area (Å²) in [4.78, 5) is 0. The van der Waals surface area contributed by atoms with Gasteiger partial charge in [0.15, 0.2) is 0 Å². The van der Waals surface area contributed by atoms with Gasteiger partial charge in [0.2, 0.25) is 0 Å². The molecule has 3 heteroatoms. The molecule has 2 rings (SSSR count). The lowest BCUT2D eigenvalue weighted by molar-refractivity contribution is 0.417. The SMILES string of the molecule is Cn1cc(C2CCC2)c(CCCN)n1. The van der Waals surface area contributed by atoms with Gasteiger partial charge >= 0.3 is 0 Å². The molecule has 14 heavy (non-hydrogen) atoms. The van der Waals surface area contributed by atoms with Crippen molar-refractivity contribution in [2.24, 2.45) is 12.8 Å². The van der Waals surface area contributed by atoms with Crippen LogP contribution in [0.4, 0.5) is 0 Å². The Morgan fingerprint density at radius 2 is 2.36 bits per heavy atom. The quantitative estimate of drug-likeness (QED) is 0.789. The van der Waals surface area contributed by atoms with E-state index in [0.717, 1.165) is 25.3 Å². The molecule has 1 aliphatic rings. The van der Waals surface area contributed by atoms with Crippen LogP contribution in [0.5, 0.6) is 0 Å². The van der Waals surface area contributed by atoms with E-state index in [9.17, 15) is 0 Å². The zero-order chi connectivity index (χ0) is 9.97. The van der Waals surface area contributed by atoms with E-state index in [1.165, 1.54) is 30.5 Å². The molecule has 0 aliphatic heterocycles. The van der Waals surface area contributed by atoms with Gasteiger partial charge in [0.1, 0.15) is 0 Å². The Kier molecular flexibility index (Phi) is 2.87. The van der Waals surface area contributed by atoms with Crippen LogP contribution in [0.1, 0.15) is 42.9 Å². The van der Waals surface area contributed by atoms with Crippen LogP contribution in [-0.4, -0.2) is 16.3 Å². The highest BCUT2D eigenvalue weighted by Crippen LogP contribution is 2.37. The average Bonchev–Trinajstić information content (AvgIpc) is 2.40. The van der Waals surface area contributed by atoms with Crippen LogP contribution < -0.4 is 5.73 Å². The second kappa shape index (κ2) is 4.13. The highest BCUT2D eigenvalue weighted by atomic mass is 15.2. The minimum absolute atomic E-state index is 0.765. The van der Waals surface area contributed by atoms with Crippen LogP contribution >= 0.6 is 0 Å². The minimum atomic E-state index is 0.765. The van der Waals surface area contributed by atoms with E-state index in [4.69, 9.17) is 5.73 Å². The van der Waals surface area contributed by atoms with Crippen LogP contribution in [0, 0.1) is 0 Å². The van der Waals surface area contributed by atoms with Gasteiger partial charge in [-0.2, -0.15) is 5.10 Å². The molecule has 0 spiro atoms. The standard InChI is InChI=1S/C11H19N3/c1-14-8-10(9-4-2-5-9)11(13-14)6-3-7-12/h8-9H,2-7,12H2,1H3. The van der Waals surface area contributed by atoms with Gasteiger partial charge < -0.3 is 5.73 Å². The Hall–Kier alpha value is -0.830. The predicted molar refractivity (Wildman–Crippen MR) is 57.2 cm³/mol. The first-order valence-corrected chi connectivity index (χ1v) is 5.53. The van der Waals surface area contributed by atoms with Gasteiger partial charge in [-0.3, -0.25) is 4.68 Å². The molecule has 1 aromatic rings. The first-order chi connectivity index (χ1) is 6.81. The third kappa shape index (κ3) is 1.82. The van der Waals surface area contributed by atoms with Crippen molar-refractivity contribution in [2.75, 3.05) is 6.54 Å². The Morgan fingerprint density at radius 1 is 1.57 bits per heavy atom. The Morgan fingerprint density at radius 3 is 2.93 bits per heavy atom. The lowest BCUT2D eigenvalue weighted by Crippen LogP contribution is -2.11. The molecule has 3 nitrogen and oxygen atoms in total. The number of hydrogen-bond donors (Lipinski definition) is 1. The highest BCUT2D eigenvalue weighted by Gasteiger charge is 2.23. The van der Waals surface area contributed by atoms with Crippen LogP contribution in [0.2, 0.25) is 0 Å². The van der Waals surface area contributed by atoms with E-state index in [-0.39, 0.29) is 0 Å². The van der Waals surface area contributed by atoms with E-state index in [1.807, 2.05) is 11.7 Å². The summed E-state index contributed by atoms with van der Waals surface area (Å²) in [5, 5.41) is 4.51. The van der Waals surface area contributed by atoms with Crippen molar-refractivity contribution >= 4 is 0 Å². The molecule has 0 aromatic carbocycles. The molecule has 0 radical (unpaired) electrons. The fourth-order valence-electron chi connectivity index (χ4n) is 2.08. The first kappa shape index (κ1) is 9.71. The van der Waals surface area contributed by atoms with Crippen molar-refractivity contribution in [3.63, 3.8) is 0 Å². The molecule has 1 aliphatic carbocycles. The van der Waals surface area contributed by atoms with Crippen LogP contribution in [0.3, 0.4) is 0 Å². The fourth-order valence-corrected chi connectivity index (χ4v) is 2.08. The first-order valence-electron chi connectivity index (χ1n) is 5.53. The predicted octanol–water partition coefficient (Wildman–Crippen LogP) is 1.58. The number of aryl methyl sites for hydroxylation is 2. The molecule has 1 aromatic heterocycles. The third-order valence-electron chi connectivity index (χ3n) is 3.10. The Labute approximate surface area is 85.3 Å². The molecule has 0 amide bonds. The van der Waals surface area contributed by atoms with Crippen molar-refractivity contribution in [3.8, 4) is 0 Å². The maximum absolute atomic E-state index is 5.52. The third-order valence-corrected chi connectivity index (χ3v) is 3.10. The van der Waals surface area contributed by atoms with Gasteiger partial charge in [-0.25, -0.2) is 0 Å². The summed E-state index contributed by atoms with van der Waals surface area (Å²) in [7, 11) is 2.01. The van der Waals surface area contributed by atoms with E-state index in [2.05, 4.69) is 11.3 Å². The topological polar surface area (TPSA) is 43.8 Å². The van der Waals surface area contributed by atoms with Crippen molar-refractivity contribution in [1.29, 1.82) is 0 Å². The summed E-state index contributed by atoms with van der Waals surface area (Å²) in [6, 6.07) is 0. The zero-order valence-corrected chi connectivity index (χ0v) is 8.87. The summed E-state index contributed by atoms with van der Waals surface area (Å²) in [6.07, 6.45) is 8.37. The zero-order valence-electron chi connectivity index (χ0n) is 8.87. The van der Waals surface area contributed by atoms with E-state index in [0.29, 0.717) is 0 Å². The van der Waals surface area contributed by atoms with Crippen molar-refractivity contribution in [3.05, 3.63) is 17.5 Å². The van der Waals surface area contributed by atoms with E-state index >= 15 is 0 Å². The molecule has 0 bridgehead atoms. The highest BCUT2D eigenvalue weighted by molar-refractivity contribution is 5.24. The van der Waals surface area contributed by atoms with Crippen LogP contribution in [0.15, 0.2) is 6.20 Å². The maximum atomic E-state index is 5.52. The van der Waals surface area contributed by atoms with Gasteiger partial charge in [0, 0.05) is 13.2 Å². The molecule has 1 heterocycles. The second-order valence-corrected chi connectivity index (χ2v) is 4.22. The number of nitrogens with zero attached hydrogens (tertiary/aromatic N) is 2. The number of aromatic nitrogens is 2.